The molecule has 4 heteroatoms. The van der Waals surface area contributed by atoms with Crippen LogP contribution in [0.4, 0.5) is 0 Å². The summed E-state index contributed by atoms with van der Waals surface area (Å²) in [6, 6.07) is 0.593. The van der Waals surface area contributed by atoms with E-state index < -0.39 is 0 Å². The first-order valence-electron chi connectivity index (χ1n) is 6.37. The molecule has 0 saturated carbocycles. The van der Waals surface area contributed by atoms with Crippen LogP contribution in [0.25, 0.3) is 0 Å². The van der Waals surface area contributed by atoms with Crippen LogP contribution in [0.5, 0.6) is 0 Å². The number of carbonyl (C=O) groups is 1. The van der Waals surface area contributed by atoms with Crippen molar-refractivity contribution in [2.75, 3.05) is 26.2 Å². The van der Waals surface area contributed by atoms with Gasteiger partial charge in [-0.3, -0.25) is 9.69 Å². The first-order chi connectivity index (χ1) is 7.63. The van der Waals surface area contributed by atoms with E-state index in [1.807, 2.05) is 0 Å². The molecule has 94 valence electrons. The Morgan fingerprint density at radius 2 is 2.12 bits per heavy atom. The van der Waals surface area contributed by atoms with Crippen molar-refractivity contribution in [3.05, 3.63) is 0 Å². The third-order valence-corrected chi connectivity index (χ3v) is 3.44. The Morgan fingerprint density at radius 3 is 2.62 bits per heavy atom. The minimum absolute atomic E-state index is 0.212. The lowest BCUT2D eigenvalue weighted by molar-refractivity contribution is -0.119. The molecule has 3 N–H and O–H groups in total. The van der Waals surface area contributed by atoms with Gasteiger partial charge in [0.25, 0.3) is 0 Å². The summed E-state index contributed by atoms with van der Waals surface area (Å²) in [5.74, 6) is 0.534. The first-order valence-corrected chi connectivity index (χ1v) is 6.37. The van der Waals surface area contributed by atoms with Crippen molar-refractivity contribution < 1.29 is 4.79 Å². The summed E-state index contributed by atoms with van der Waals surface area (Å²) >= 11 is 0. The molecule has 1 rings (SSSR count). The van der Waals surface area contributed by atoms with Crippen molar-refractivity contribution in [3.63, 3.8) is 0 Å². The predicted molar refractivity (Wildman–Crippen MR) is 66.1 cm³/mol. The molecular weight excluding hydrogens is 202 g/mol. The standard InChI is InChI=1S/C12H25N3O/c1-3-6-14-10(2)11-4-7-15(8-5-11)9-12(13)16/h10-11,14H,3-9H2,1-2H3,(H2,13,16). The van der Waals surface area contributed by atoms with E-state index in [0.717, 1.165) is 25.6 Å². The summed E-state index contributed by atoms with van der Waals surface area (Å²) < 4.78 is 0. The molecular formula is C12H25N3O. The Hall–Kier alpha value is -0.610. The number of piperidine rings is 1. The van der Waals surface area contributed by atoms with Gasteiger partial charge in [0.1, 0.15) is 0 Å². The molecule has 4 nitrogen and oxygen atoms in total. The van der Waals surface area contributed by atoms with Crippen molar-refractivity contribution in [2.24, 2.45) is 11.7 Å². The van der Waals surface area contributed by atoms with Gasteiger partial charge >= 0.3 is 0 Å². The highest BCUT2D eigenvalue weighted by molar-refractivity contribution is 5.75. The van der Waals surface area contributed by atoms with Crippen LogP contribution >= 0.6 is 0 Å². The SMILES string of the molecule is CCCNC(C)C1CCN(CC(N)=O)CC1. The third-order valence-electron chi connectivity index (χ3n) is 3.44. The van der Waals surface area contributed by atoms with Gasteiger partial charge in [-0.2, -0.15) is 0 Å². The van der Waals surface area contributed by atoms with Crippen molar-refractivity contribution >= 4 is 5.91 Å². The van der Waals surface area contributed by atoms with E-state index in [9.17, 15) is 4.79 Å². The lowest BCUT2D eigenvalue weighted by atomic mass is 9.90. The number of nitrogens with two attached hydrogens (primary N) is 1. The van der Waals surface area contributed by atoms with E-state index in [1.54, 1.807) is 0 Å². The van der Waals surface area contributed by atoms with E-state index >= 15 is 0 Å². The summed E-state index contributed by atoms with van der Waals surface area (Å²) in [6.07, 6.45) is 3.53. The van der Waals surface area contributed by atoms with Crippen molar-refractivity contribution in [1.82, 2.24) is 10.2 Å². The number of carbonyl (C=O) groups excluding carboxylic acids is 1. The zero-order chi connectivity index (χ0) is 12.0. The average molecular weight is 227 g/mol. The van der Waals surface area contributed by atoms with Crippen LogP contribution < -0.4 is 11.1 Å². The van der Waals surface area contributed by atoms with E-state index in [0.29, 0.717) is 12.6 Å². The van der Waals surface area contributed by atoms with Crippen LogP contribution in [0.1, 0.15) is 33.1 Å². The van der Waals surface area contributed by atoms with Crippen molar-refractivity contribution in [2.45, 2.75) is 39.2 Å². The highest BCUT2D eigenvalue weighted by atomic mass is 16.1. The second kappa shape index (κ2) is 6.86. The molecule has 0 bridgehead atoms. The number of hydrogen-bond donors (Lipinski definition) is 2. The zero-order valence-electron chi connectivity index (χ0n) is 10.5. The molecule has 0 aliphatic carbocycles. The Morgan fingerprint density at radius 1 is 1.50 bits per heavy atom. The zero-order valence-corrected chi connectivity index (χ0v) is 10.5. The molecule has 0 radical (unpaired) electrons. The van der Waals surface area contributed by atoms with Gasteiger partial charge in [0, 0.05) is 6.04 Å². The normalized spacial score (nSPS) is 20.9. The van der Waals surface area contributed by atoms with Crippen molar-refractivity contribution in [3.8, 4) is 0 Å². The fraction of sp³-hybridized carbons (Fsp3) is 0.917. The topological polar surface area (TPSA) is 58.4 Å². The Kier molecular flexibility index (Phi) is 5.77. The maximum atomic E-state index is 10.8. The second-order valence-corrected chi connectivity index (χ2v) is 4.82. The molecule has 1 amide bonds. The van der Waals surface area contributed by atoms with Gasteiger partial charge in [0.15, 0.2) is 0 Å². The molecule has 1 unspecified atom stereocenters. The second-order valence-electron chi connectivity index (χ2n) is 4.82. The van der Waals surface area contributed by atoms with Gasteiger partial charge in [-0.15, -0.1) is 0 Å². The number of nitrogens with zero attached hydrogens (tertiary/aromatic N) is 1. The van der Waals surface area contributed by atoms with E-state index in [2.05, 4.69) is 24.1 Å². The highest BCUT2D eigenvalue weighted by Crippen LogP contribution is 2.20. The summed E-state index contributed by atoms with van der Waals surface area (Å²) in [6.45, 7) is 7.99. The smallest absolute Gasteiger partial charge is 0.231 e. The quantitative estimate of drug-likeness (QED) is 0.697. The first kappa shape index (κ1) is 13.5. The molecule has 1 fully saturated rings. The molecule has 1 saturated heterocycles. The van der Waals surface area contributed by atoms with Crippen LogP contribution in [-0.2, 0) is 4.79 Å². The lowest BCUT2D eigenvalue weighted by Gasteiger charge is -2.34. The number of likely N-dealkylation sites (tertiary alicyclic amines) is 1. The van der Waals surface area contributed by atoms with Crippen molar-refractivity contribution in [1.29, 1.82) is 0 Å². The molecule has 16 heavy (non-hydrogen) atoms. The summed E-state index contributed by atoms with van der Waals surface area (Å²) in [5.41, 5.74) is 5.19. The van der Waals surface area contributed by atoms with E-state index in [4.69, 9.17) is 5.73 Å². The Balaban J connectivity index is 2.23. The molecule has 0 aromatic heterocycles. The molecule has 1 aliphatic heterocycles. The lowest BCUT2D eigenvalue weighted by Crippen LogP contribution is -2.44. The summed E-state index contributed by atoms with van der Waals surface area (Å²) in [5, 5.41) is 3.55. The Labute approximate surface area is 98.6 Å². The number of primary amides is 1. The van der Waals surface area contributed by atoms with Crippen LogP contribution in [0.2, 0.25) is 0 Å². The number of hydrogen-bond acceptors (Lipinski definition) is 3. The van der Waals surface area contributed by atoms with E-state index in [-0.39, 0.29) is 5.91 Å². The van der Waals surface area contributed by atoms with Gasteiger partial charge in [0.05, 0.1) is 6.54 Å². The number of rotatable bonds is 6. The minimum atomic E-state index is -0.212. The molecule has 0 spiro atoms. The maximum absolute atomic E-state index is 10.8. The fourth-order valence-corrected chi connectivity index (χ4v) is 2.37. The van der Waals surface area contributed by atoms with Gasteiger partial charge in [0.2, 0.25) is 5.91 Å². The maximum Gasteiger partial charge on any atom is 0.231 e. The number of nitrogens with one attached hydrogen (secondary N) is 1. The largest absolute Gasteiger partial charge is 0.369 e. The summed E-state index contributed by atoms with van der Waals surface area (Å²) in [4.78, 5) is 13.0. The van der Waals surface area contributed by atoms with E-state index in [1.165, 1.54) is 19.3 Å². The van der Waals surface area contributed by atoms with Gasteiger partial charge < -0.3 is 11.1 Å². The summed E-state index contributed by atoms with van der Waals surface area (Å²) in [7, 11) is 0. The van der Waals surface area contributed by atoms with Gasteiger partial charge in [-0.25, -0.2) is 0 Å². The van der Waals surface area contributed by atoms with Crippen LogP contribution in [-0.4, -0.2) is 43.0 Å². The van der Waals surface area contributed by atoms with Gasteiger partial charge in [-0.1, -0.05) is 6.92 Å². The van der Waals surface area contributed by atoms with Gasteiger partial charge in [-0.05, 0) is 51.7 Å². The third kappa shape index (κ3) is 4.49. The van der Waals surface area contributed by atoms with Crippen LogP contribution in [0.3, 0.4) is 0 Å². The monoisotopic (exact) mass is 227 g/mol. The molecule has 1 heterocycles. The Bertz CT molecular complexity index is 212. The minimum Gasteiger partial charge on any atom is -0.369 e. The number of amides is 1. The molecule has 0 aromatic carbocycles. The average Bonchev–Trinajstić information content (AvgIpc) is 2.26. The van der Waals surface area contributed by atoms with Crippen LogP contribution in [0, 0.1) is 5.92 Å². The molecule has 1 atom stereocenters. The molecule has 0 aromatic rings. The highest BCUT2D eigenvalue weighted by Gasteiger charge is 2.23. The predicted octanol–water partition coefficient (Wildman–Crippen LogP) is 0.572. The van der Waals surface area contributed by atoms with Crippen LogP contribution in [0.15, 0.2) is 0 Å². The fourth-order valence-electron chi connectivity index (χ4n) is 2.37. The molecule has 1 aliphatic rings.